The molecular formula is C28H20N2O6. The summed E-state index contributed by atoms with van der Waals surface area (Å²) in [5.74, 6) is 0.751. The van der Waals surface area contributed by atoms with Gasteiger partial charge in [-0.25, -0.2) is 19.6 Å². The Bertz CT molecular complexity index is 1330. The van der Waals surface area contributed by atoms with E-state index in [1.807, 2.05) is 24.3 Å². The number of methoxy groups -OCH3 is 2. The number of carbonyl (C=O) groups is 2. The van der Waals surface area contributed by atoms with Gasteiger partial charge in [0.05, 0.1) is 14.2 Å². The third kappa shape index (κ3) is 4.78. The van der Waals surface area contributed by atoms with E-state index in [2.05, 4.69) is 9.98 Å². The molecule has 3 aromatic carbocycles. The van der Waals surface area contributed by atoms with Crippen LogP contribution < -0.4 is 9.47 Å². The van der Waals surface area contributed by atoms with Crippen molar-refractivity contribution in [3.63, 3.8) is 0 Å². The predicted octanol–water partition coefficient (Wildman–Crippen LogP) is 4.39. The average Bonchev–Trinajstić information content (AvgIpc) is 3.47. The topological polar surface area (TPSA) is 95.8 Å². The maximum atomic E-state index is 12.3. The van der Waals surface area contributed by atoms with Gasteiger partial charge in [-0.2, -0.15) is 0 Å². The molecule has 5 rings (SSSR count). The molecule has 2 heterocycles. The van der Waals surface area contributed by atoms with Crippen LogP contribution in [0, 0.1) is 0 Å². The summed E-state index contributed by atoms with van der Waals surface area (Å²) in [6.07, 6.45) is 3.29. The van der Waals surface area contributed by atoms with Gasteiger partial charge in [-0.3, -0.25) is 0 Å². The molecule has 0 bridgehead atoms. The van der Waals surface area contributed by atoms with Crippen molar-refractivity contribution < 1.29 is 28.5 Å². The van der Waals surface area contributed by atoms with Gasteiger partial charge in [0.1, 0.15) is 11.5 Å². The first-order valence-corrected chi connectivity index (χ1v) is 11.0. The first-order chi connectivity index (χ1) is 17.5. The van der Waals surface area contributed by atoms with Crippen LogP contribution in [0.15, 0.2) is 94.2 Å². The number of carbonyl (C=O) groups excluding carboxylic acids is 2. The molecule has 0 saturated carbocycles. The van der Waals surface area contributed by atoms with E-state index in [0.717, 1.165) is 22.6 Å². The molecule has 3 aromatic rings. The summed E-state index contributed by atoms with van der Waals surface area (Å²) < 4.78 is 21.0. The van der Waals surface area contributed by atoms with Gasteiger partial charge in [0.25, 0.3) is 0 Å². The number of rotatable bonds is 6. The first kappa shape index (κ1) is 22.8. The molecule has 0 N–H and O–H groups in total. The smallest absolute Gasteiger partial charge is 0.363 e. The van der Waals surface area contributed by atoms with E-state index in [1.54, 1.807) is 74.9 Å². The molecular weight excluding hydrogens is 460 g/mol. The van der Waals surface area contributed by atoms with Crippen LogP contribution in [0.2, 0.25) is 0 Å². The second-order valence-corrected chi connectivity index (χ2v) is 7.80. The van der Waals surface area contributed by atoms with Gasteiger partial charge < -0.3 is 18.9 Å². The molecule has 0 saturated heterocycles. The van der Waals surface area contributed by atoms with Gasteiger partial charge in [-0.05, 0) is 71.8 Å². The van der Waals surface area contributed by atoms with Crippen LogP contribution in [0.5, 0.6) is 11.5 Å². The Labute approximate surface area is 206 Å². The lowest BCUT2D eigenvalue weighted by molar-refractivity contribution is -0.130. The largest absolute Gasteiger partial charge is 0.497 e. The van der Waals surface area contributed by atoms with Crippen LogP contribution in [0.3, 0.4) is 0 Å². The third-order valence-electron chi connectivity index (χ3n) is 5.46. The van der Waals surface area contributed by atoms with Crippen molar-refractivity contribution in [3.05, 3.63) is 106 Å². The highest BCUT2D eigenvalue weighted by atomic mass is 16.6. The average molecular weight is 480 g/mol. The van der Waals surface area contributed by atoms with Crippen molar-refractivity contribution in [2.45, 2.75) is 0 Å². The van der Waals surface area contributed by atoms with Crippen molar-refractivity contribution in [3.8, 4) is 11.5 Å². The molecule has 8 nitrogen and oxygen atoms in total. The van der Waals surface area contributed by atoms with Crippen molar-refractivity contribution in [2.24, 2.45) is 9.98 Å². The molecule has 0 amide bonds. The molecule has 0 unspecified atom stereocenters. The number of benzene rings is 3. The second kappa shape index (κ2) is 9.71. The molecule has 0 aromatic heterocycles. The van der Waals surface area contributed by atoms with Crippen molar-refractivity contribution in [2.75, 3.05) is 14.2 Å². The fourth-order valence-corrected chi connectivity index (χ4v) is 3.54. The predicted molar refractivity (Wildman–Crippen MR) is 134 cm³/mol. The summed E-state index contributed by atoms with van der Waals surface area (Å²) in [5, 5.41) is 0. The van der Waals surface area contributed by atoms with E-state index in [4.69, 9.17) is 18.9 Å². The summed E-state index contributed by atoms with van der Waals surface area (Å²) in [6.45, 7) is 0. The van der Waals surface area contributed by atoms with E-state index >= 15 is 0 Å². The van der Waals surface area contributed by atoms with Crippen molar-refractivity contribution in [1.29, 1.82) is 0 Å². The van der Waals surface area contributed by atoms with Crippen LogP contribution in [-0.2, 0) is 19.1 Å². The summed E-state index contributed by atoms with van der Waals surface area (Å²) in [5.41, 5.74) is 3.18. The Morgan fingerprint density at radius 1 is 0.583 bits per heavy atom. The number of nitrogens with zero attached hydrogens (tertiary/aromatic N) is 2. The normalized spacial score (nSPS) is 17.1. The Kier molecular flexibility index (Phi) is 6.15. The number of esters is 2. The van der Waals surface area contributed by atoms with E-state index in [1.165, 1.54) is 0 Å². The van der Waals surface area contributed by atoms with Crippen molar-refractivity contribution in [1.82, 2.24) is 0 Å². The van der Waals surface area contributed by atoms with E-state index in [0.29, 0.717) is 11.1 Å². The zero-order valence-electron chi connectivity index (χ0n) is 19.4. The van der Waals surface area contributed by atoms with E-state index in [9.17, 15) is 9.59 Å². The van der Waals surface area contributed by atoms with Gasteiger partial charge in [0.2, 0.25) is 11.8 Å². The van der Waals surface area contributed by atoms with Crippen LogP contribution in [-0.4, -0.2) is 38.0 Å². The molecule has 0 aliphatic carbocycles. The minimum absolute atomic E-state index is 0.191. The van der Waals surface area contributed by atoms with Gasteiger partial charge in [-0.1, -0.05) is 24.3 Å². The van der Waals surface area contributed by atoms with Gasteiger partial charge in [0, 0.05) is 11.1 Å². The van der Waals surface area contributed by atoms with Gasteiger partial charge in [-0.15, -0.1) is 0 Å². The lowest BCUT2D eigenvalue weighted by Crippen LogP contribution is -2.07. The zero-order valence-corrected chi connectivity index (χ0v) is 19.4. The van der Waals surface area contributed by atoms with Crippen LogP contribution >= 0.6 is 0 Å². The molecule has 2 aliphatic heterocycles. The molecule has 0 fully saturated rings. The molecule has 0 atom stereocenters. The number of hydrogen-bond acceptors (Lipinski definition) is 8. The number of hydrogen-bond donors (Lipinski definition) is 0. The Morgan fingerprint density at radius 3 is 1.28 bits per heavy atom. The highest BCUT2D eigenvalue weighted by Crippen LogP contribution is 2.23. The molecule has 8 heteroatoms. The number of ether oxygens (including phenoxy) is 4. The van der Waals surface area contributed by atoms with Crippen LogP contribution in [0.4, 0.5) is 0 Å². The summed E-state index contributed by atoms with van der Waals surface area (Å²) in [7, 11) is 3.18. The maximum Gasteiger partial charge on any atom is 0.363 e. The monoisotopic (exact) mass is 480 g/mol. The fourth-order valence-electron chi connectivity index (χ4n) is 3.54. The third-order valence-corrected chi connectivity index (χ3v) is 5.46. The molecule has 36 heavy (non-hydrogen) atoms. The van der Waals surface area contributed by atoms with Crippen LogP contribution in [0.1, 0.15) is 22.3 Å². The quantitative estimate of drug-likeness (QED) is 0.384. The lowest BCUT2D eigenvalue weighted by Gasteiger charge is -2.02. The minimum atomic E-state index is -0.535. The second-order valence-electron chi connectivity index (χ2n) is 7.80. The maximum absolute atomic E-state index is 12.3. The van der Waals surface area contributed by atoms with Gasteiger partial charge >= 0.3 is 11.9 Å². The Hall–Kier alpha value is -4.98. The zero-order chi connectivity index (χ0) is 25.1. The number of cyclic esters (lactones) is 2. The first-order valence-electron chi connectivity index (χ1n) is 11.0. The fraction of sp³-hybridized carbons (Fsp3) is 0.0714. The molecule has 0 radical (unpaired) electrons. The lowest BCUT2D eigenvalue weighted by atomic mass is 10.1. The van der Waals surface area contributed by atoms with E-state index in [-0.39, 0.29) is 23.2 Å². The standard InChI is InChI=1S/C28H20N2O6/c1-33-21-11-3-17(4-12-21)15-23-27(31)35-25(29-23)19-7-9-20(10-8-19)26-30-24(28(32)36-26)16-18-5-13-22(34-2)14-6-18/h3-16H,1-2H3. The van der Waals surface area contributed by atoms with Crippen LogP contribution in [0.25, 0.3) is 12.2 Å². The minimum Gasteiger partial charge on any atom is -0.497 e. The summed E-state index contributed by atoms with van der Waals surface area (Å²) >= 11 is 0. The highest BCUT2D eigenvalue weighted by molar-refractivity contribution is 6.14. The summed E-state index contributed by atoms with van der Waals surface area (Å²) in [6, 6.07) is 21.4. The summed E-state index contributed by atoms with van der Waals surface area (Å²) in [4.78, 5) is 33.3. The van der Waals surface area contributed by atoms with Crippen molar-refractivity contribution >= 4 is 35.9 Å². The SMILES string of the molecule is COc1ccc(C=C2N=C(c3ccc(C4=NC(=Cc5ccc(OC)cc5)C(=O)O4)cc3)OC2=O)cc1. The Morgan fingerprint density at radius 2 is 0.944 bits per heavy atom. The molecule has 2 aliphatic rings. The number of aliphatic imine (C=N–C) groups is 2. The molecule has 178 valence electrons. The Balaban J connectivity index is 1.33. The van der Waals surface area contributed by atoms with Gasteiger partial charge in [0.15, 0.2) is 11.4 Å². The molecule has 0 spiro atoms. The van der Waals surface area contributed by atoms with E-state index < -0.39 is 11.9 Å². The highest BCUT2D eigenvalue weighted by Gasteiger charge is 2.26.